The number of benzene rings is 1. The first-order chi connectivity index (χ1) is 10.6. The molecule has 0 aliphatic rings. The quantitative estimate of drug-likeness (QED) is 0.890. The predicted molar refractivity (Wildman–Crippen MR) is 79.4 cm³/mol. The summed E-state index contributed by atoms with van der Waals surface area (Å²) in [4.78, 5) is 22.8. The van der Waals surface area contributed by atoms with Crippen LogP contribution in [-0.2, 0) is 9.53 Å². The fourth-order valence-electron chi connectivity index (χ4n) is 1.88. The summed E-state index contributed by atoms with van der Waals surface area (Å²) in [5, 5.41) is 5.11. The largest absolute Gasteiger partial charge is 0.453 e. The molecule has 1 aromatic heterocycles. The van der Waals surface area contributed by atoms with Gasteiger partial charge >= 0.3 is 6.09 Å². The highest BCUT2D eigenvalue weighted by Crippen LogP contribution is 2.21. The molecule has 0 saturated carbocycles. The third kappa shape index (κ3) is 4.08. The molecule has 1 heterocycles. The second kappa shape index (κ2) is 7.26. The van der Waals surface area contributed by atoms with Crippen LogP contribution in [0.3, 0.4) is 0 Å². The van der Waals surface area contributed by atoms with E-state index in [1.165, 1.54) is 25.3 Å². The topological polar surface area (TPSA) is 72.4 Å². The lowest BCUT2D eigenvalue weighted by atomic mass is 10.2. The van der Waals surface area contributed by atoms with Gasteiger partial charge in [-0.1, -0.05) is 0 Å². The molecule has 2 aromatic rings. The molecule has 0 aliphatic heterocycles. The van der Waals surface area contributed by atoms with Crippen LogP contribution in [0.1, 0.15) is 6.42 Å². The Labute approximate surface area is 126 Å². The second-order valence-corrected chi connectivity index (χ2v) is 4.47. The molecule has 2 amide bonds. The maximum atomic E-state index is 13.4. The number of amides is 2. The molecule has 2 rings (SSSR count). The molecule has 6 nitrogen and oxygen atoms in total. The molecule has 0 aliphatic carbocycles. The van der Waals surface area contributed by atoms with E-state index in [0.29, 0.717) is 11.4 Å². The Morgan fingerprint density at radius 2 is 2.00 bits per heavy atom. The van der Waals surface area contributed by atoms with Gasteiger partial charge < -0.3 is 19.9 Å². The summed E-state index contributed by atoms with van der Waals surface area (Å²) in [7, 11) is 1.25. The Morgan fingerprint density at radius 1 is 1.27 bits per heavy atom. The number of hydrogen-bond acceptors (Lipinski definition) is 3. The van der Waals surface area contributed by atoms with Crippen molar-refractivity contribution in [3.63, 3.8) is 0 Å². The average molecular weight is 305 g/mol. The molecule has 22 heavy (non-hydrogen) atoms. The molecular formula is C15H16FN3O3. The first-order valence-corrected chi connectivity index (χ1v) is 6.64. The Balaban J connectivity index is 2.03. The highest BCUT2D eigenvalue weighted by molar-refractivity contribution is 5.93. The number of carbonyl (C=O) groups is 2. The minimum atomic E-state index is -0.595. The highest BCUT2D eigenvalue weighted by atomic mass is 19.1. The zero-order valence-corrected chi connectivity index (χ0v) is 12.0. The number of methoxy groups -OCH3 is 1. The molecule has 0 fully saturated rings. The number of nitrogens with one attached hydrogen (secondary N) is 2. The van der Waals surface area contributed by atoms with Gasteiger partial charge in [-0.05, 0) is 30.3 Å². The van der Waals surface area contributed by atoms with Crippen molar-refractivity contribution in [1.82, 2.24) is 9.88 Å². The summed E-state index contributed by atoms with van der Waals surface area (Å²) in [5.41, 5.74) is 1.01. The maximum Gasteiger partial charge on any atom is 0.406 e. The van der Waals surface area contributed by atoms with Crippen molar-refractivity contribution in [2.24, 2.45) is 0 Å². The SMILES string of the molecule is COC(=O)NCCC(=O)Nc1ccc(F)cc1-n1cccc1. The Bertz CT molecular complexity index is 656. The molecule has 0 saturated heterocycles. The van der Waals surface area contributed by atoms with Crippen LogP contribution in [0.2, 0.25) is 0 Å². The highest BCUT2D eigenvalue weighted by Gasteiger charge is 2.10. The summed E-state index contributed by atoms with van der Waals surface area (Å²) in [6.45, 7) is 0.151. The van der Waals surface area contributed by atoms with Gasteiger partial charge in [0.25, 0.3) is 0 Å². The van der Waals surface area contributed by atoms with E-state index in [2.05, 4.69) is 15.4 Å². The van der Waals surface area contributed by atoms with Gasteiger partial charge in [0.1, 0.15) is 5.82 Å². The Kier molecular flexibility index (Phi) is 5.13. The smallest absolute Gasteiger partial charge is 0.406 e. The van der Waals surface area contributed by atoms with Crippen LogP contribution < -0.4 is 10.6 Å². The fraction of sp³-hybridized carbons (Fsp3) is 0.200. The van der Waals surface area contributed by atoms with Gasteiger partial charge in [-0.2, -0.15) is 0 Å². The molecule has 2 N–H and O–H groups in total. The number of rotatable bonds is 5. The standard InChI is InChI=1S/C15H16FN3O3/c1-22-15(21)17-7-6-14(20)18-12-5-4-11(16)10-13(12)19-8-2-3-9-19/h2-5,8-10H,6-7H2,1H3,(H,17,21)(H,18,20). The van der Waals surface area contributed by atoms with Crippen LogP contribution in [0.25, 0.3) is 5.69 Å². The van der Waals surface area contributed by atoms with E-state index in [-0.39, 0.29) is 18.9 Å². The van der Waals surface area contributed by atoms with Crippen molar-refractivity contribution in [1.29, 1.82) is 0 Å². The van der Waals surface area contributed by atoms with E-state index in [1.807, 2.05) is 0 Å². The van der Waals surface area contributed by atoms with E-state index in [1.54, 1.807) is 29.1 Å². The zero-order chi connectivity index (χ0) is 15.9. The fourth-order valence-corrected chi connectivity index (χ4v) is 1.88. The van der Waals surface area contributed by atoms with E-state index in [0.717, 1.165) is 0 Å². The summed E-state index contributed by atoms with van der Waals surface area (Å²) >= 11 is 0. The summed E-state index contributed by atoms with van der Waals surface area (Å²) in [6, 6.07) is 7.71. The average Bonchev–Trinajstić information content (AvgIpc) is 3.03. The van der Waals surface area contributed by atoms with E-state index in [9.17, 15) is 14.0 Å². The van der Waals surface area contributed by atoms with Gasteiger partial charge in [0, 0.05) is 25.4 Å². The van der Waals surface area contributed by atoms with Crippen molar-refractivity contribution in [2.45, 2.75) is 6.42 Å². The predicted octanol–water partition coefficient (Wildman–Crippen LogP) is 2.30. The van der Waals surface area contributed by atoms with Crippen LogP contribution in [0.4, 0.5) is 14.9 Å². The monoisotopic (exact) mass is 305 g/mol. The maximum absolute atomic E-state index is 13.4. The van der Waals surface area contributed by atoms with Gasteiger partial charge in [-0.15, -0.1) is 0 Å². The lowest BCUT2D eigenvalue weighted by molar-refractivity contribution is -0.116. The number of nitrogens with zero attached hydrogens (tertiary/aromatic N) is 1. The van der Waals surface area contributed by atoms with Crippen molar-refractivity contribution < 1.29 is 18.7 Å². The van der Waals surface area contributed by atoms with Crippen LogP contribution in [0, 0.1) is 5.82 Å². The van der Waals surface area contributed by atoms with Crippen LogP contribution in [0.15, 0.2) is 42.7 Å². The molecule has 0 radical (unpaired) electrons. The number of anilines is 1. The number of halogens is 1. The van der Waals surface area contributed by atoms with E-state index >= 15 is 0 Å². The van der Waals surface area contributed by atoms with Gasteiger partial charge in [-0.3, -0.25) is 4.79 Å². The molecule has 0 bridgehead atoms. The summed E-state index contributed by atoms with van der Waals surface area (Å²) in [6.07, 6.45) is 2.99. The first kappa shape index (κ1) is 15.6. The second-order valence-electron chi connectivity index (χ2n) is 4.47. The minimum Gasteiger partial charge on any atom is -0.453 e. The minimum absolute atomic E-state index is 0.0809. The zero-order valence-electron chi connectivity index (χ0n) is 12.0. The number of hydrogen-bond donors (Lipinski definition) is 2. The van der Waals surface area contributed by atoms with Crippen molar-refractivity contribution in [2.75, 3.05) is 19.0 Å². The van der Waals surface area contributed by atoms with Gasteiger partial charge in [0.05, 0.1) is 18.5 Å². The van der Waals surface area contributed by atoms with Crippen LogP contribution in [0.5, 0.6) is 0 Å². The Morgan fingerprint density at radius 3 is 2.68 bits per heavy atom. The van der Waals surface area contributed by atoms with E-state index < -0.39 is 11.9 Å². The van der Waals surface area contributed by atoms with Crippen molar-refractivity contribution in [3.05, 3.63) is 48.5 Å². The lowest BCUT2D eigenvalue weighted by Gasteiger charge is -2.12. The lowest BCUT2D eigenvalue weighted by Crippen LogP contribution is -2.27. The van der Waals surface area contributed by atoms with Crippen LogP contribution >= 0.6 is 0 Å². The molecule has 116 valence electrons. The van der Waals surface area contributed by atoms with Gasteiger partial charge in [0.2, 0.25) is 5.91 Å². The molecule has 0 unspecified atom stereocenters. The molecule has 7 heteroatoms. The Hall–Kier alpha value is -2.83. The first-order valence-electron chi connectivity index (χ1n) is 6.64. The van der Waals surface area contributed by atoms with Gasteiger partial charge in [0.15, 0.2) is 0 Å². The molecule has 0 spiro atoms. The molecule has 0 atom stereocenters. The third-order valence-corrected chi connectivity index (χ3v) is 2.92. The number of aromatic nitrogens is 1. The summed E-state index contributed by atoms with van der Waals surface area (Å²) < 4.78 is 19.5. The van der Waals surface area contributed by atoms with Crippen molar-refractivity contribution >= 4 is 17.7 Å². The normalized spacial score (nSPS) is 10.1. The number of alkyl carbamates (subject to hydrolysis) is 1. The molecular weight excluding hydrogens is 289 g/mol. The summed E-state index contributed by atoms with van der Waals surface area (Å²) in [5.74, 6) is -0.689. The van der Waals surface area contributed by atoms with E-state index in [4.69, 9.17) is 0 Å². The number of carbonyl (C=O) groups excluding carboxylic acids is 2. The van der Waals surface area contributed by atoms with Crippen molar-refractivity contribution in [3.8, 4) is 5.69 Å². The number of ether oxygens (including phenoxy) is 1. The van der Waals surface area contributed by atoms with Gasteiger partial charge in [-0.25, -0.2) is 9.18 Å². The molecule has 1 aromatic carbocycles. The van der Waals surface area contributed by atoms with Crippen LogP contribution in [-0.4, -0.2) is 30.2 Å². The third-order valence-electron chi connectivity index (χ3n) is 2.92.